The van der Waals surface area contributed by atoms with Crippen LogP contribution in [0.2, 0.25) is 0 Å². The van der Waals surface area contributed by atoms with Crippen molar-refractivity contribution >= 4 is 23.6 Å². The van der Waals surface area contributed by atoms with E-state index in [1.807, 2.05) is 69.9 Å². The second-order valence-electron chi connectivity index (χ2n) is 10.8. The number of nitrogens with one attached hydrogen (secondary N) is 1. The number of likely N-dealkylation sites (tertiary alicyclic amines) is 1. The molecule has 2 heterocycles. The maximum Gasteiger partial charge on any atom is 0.407 e. The van der Waals surface area contributed by atoms with Crippen molar-refractivity contribution in [1.82, 2.24) is 20.4 Å². The topological polar surface area (TPSA) is 97.6 Å². The largest absolute Gasteiger partial charge is 0.444 e. The molecule has 1 fully saturated rings. The van der Waals surface area contributed by atoms with Gasteiger partial charge >= 0.3 is 6.09 Å². The van der Waals surface area contributed by atoms with Crippen molar-refractivity contribution in [2.75, 3.05) is 13.1 Å². The van der Waals surface area contributed by atoms with Crippen molar-refractivity contribution in [2.24, 2.45) is 5.92 Å². The molecule has 1 aromatic rings. The summed E-state index contributed by atoms with van der Waals surface area (Å²) >= 11 is 6.02. The summed E-state index contributed by atoms with van der Waals surface area (Å²) in [5.74, 6) is 0.923. The van der Waals surface area contributed by atoms with Crippen LogP contribution in [-0.2, 0) is 9.53 Å². The Balaban J connectivity index is 0.000000461. The molecule has 0 radical (unpaired) electrons. The van der Waals surface area contributed by atoms with Gasteiger partial charge in [-0.15, -0.1) is 0 Å². The van der Waals surface area contributed by atoms with Crippen LogP contribution in [-0.4, -0.2) is 51.8 Å². The third kappa shape index (κ3) is 13.6. The Bertz CT molecular complexity index is 1140. The number of rotatable bonds is 6. The van der Waals surface area contributed by atoms with Gasteiger partial charge in [-0.3, -0.25) is 4.79 Å². The summed E-state index contributed by atoms with van der Waals surface area (Å²) < 4.78 is 23.0. The molecule has 10 heteroatoms. The fourth-order valence-corrected chi connectivity index (χ4v) is 4.52. The standard InChI is InChI=1S/C20H29ClN2O3.C9H9FN2O.C2H6.CH4/c1-20(2,3)26-19(25)22-17(14-18(24)23-11-4-5-12-23)13-15-7-6-8-16(21)10-9-15;1-6-11-9(12-13-6)7-3-2-4-8(10)5-7;1-2;/h6-10,15,17H,4-5,11-14H2,1-3H3,(H,22,25);2,4-5,7H,3H2,1H3;1-2H3;1H4. The molecule has 8 nitrogen and oxygen atoms in total. The molecule has 1 N–H and O–H groups in total. The molecule has 2 amide bonds. The number of ether oxygens (including phenoxy) is 1. The number of alkyl carbamates (subject to hydrolysis) is 1. The maximum atomic E-state index is 12.8. The van der Waals surface area contributed by atoms with E-state index in [9.17, 15) is 14.0 Å². The maximum absolute atomic E-state index is 12.8. The average Bonchev–Trinajstić information content (AvgIpc) is 3.56. The number of aryl methyl sites for hydroxylation is 1. The van der Waals surface area contributed by atoms with Gasteiger partial charge in [0.1, 0.15) is 11.4 Å². The van der Waals surface area contributed by atoms with E-state index in [1.165, 1.54) is 12.2 Å². The number of nitrogens with zero attached hydrogens (tertiary/aromatic N) is 3. The molecule has 234 valence electrons. The molecule has 1 saturated heterocycles. The van der Waals surface area contributed by atoms with Gasteiger partial charge in [-0.1, -0.05) is 62.3 Å². The first-order valence-electron chi connectivity index (χ1n) is 14.3. The first-order valence-corrected chi connectivity index (χ1v) is 14.7. The van der Waals surface area contributed by atoms with Crippen LogP contribution in [0.25, 0.3) is 0 Å². The van der Waals surface area contributed by atoms with E-state index in [0.29, 0.717) is 23.2 Å². The molecule has 3 aliphatic rings. The van der Waals surface area contributed by atoms with Crippen molar-refractivity contribution < 1.29 is 23.2 Å². The monoisotopic (exact) mass is 606 g/mol. The summed E-state index contributed by atoms with van der Waals surface area (Å²) in [6.07, 6.45) is 17.5. The van der Waals surface area contributed by atoms with Crippen LogP contribution in [0.3, 0.4) is 0 Å². The molecular weight excluding hydrogens is 559 g/mol. The molecule has 4 rings (SSSR count). The predicted molar refractivity (Wildman–Crippen MR) is 167 cm³/mol. The molecule has 0 bridgehead atoms. The van der Waals surface area contributed by atoms with E-state index in [4.69, 9.17) is 20.9 Å². The zero-order valence-corrected chi connectivity index (χ0v) is 25.8. The van der Waals surface area contributed by atoms with Gasteiger partial charge in [-0.2, -0.15) is 4.98 Å². The van der Waals surface area contributed by atoms with Crippen LogP contribution < -0.4 is 5.32 Å². The number of carbonyl (C=O) groups excluding carboxylic acids is 2. The van der Waals surface area contributed by atoms with Gasteiger partial charge in [0.05, 0.1) is 0 Å². The number of halogens is 2. The van der Waals surface area contributed by atoms with Gasteiger partial charge in [0.15, 0.2) is 5.82 Å². The summed E-state index contributed by atoms with van der Waals surface area (Å²) in [6.45, 7) is 12.8. The fourth-order valence-electron chi connectivity index (χ4n) is 4.37. The Labute approximate surface area is 255 Å². The molecule has 2 aliphatic carbocycles. The van der Waals surface area contributed by atoms with E-state index in [1.54, 1.807) is 13.0 Å². The Morgan fingerprint density at radius 1 is 1.21 bits per heavy atom. The lowest BCUT2D eigenvalue weighted by Gasteiger charge is -2.26. The minimum atomic E-state index is -0.576. The minimum Gasteiger partial charge on any atom is -0.444 e. The lowest BCUT2D eigenvalue weighted by atomic mass is 9.96. The number of hydrogen-bond donors (Lipinski definition) is 1. The first kappa shape index (κ1) is 36.8. The van der Waals surface area contributed by atoms with Crippen LogP contribution in [0.5, 0.6) is 0 Å². The Morgan fingerprint density at radius 2 is 1.90 bits per heavy atom. The van der Waals surface area contributed by atoms with Crippen LogP contribution in [0, 0.1) is 12.8 Å². The van der Waals surface area contributed by atoms with Gasteiger partial charge < -0.3 is 19.5 Å². The molecule has 0 saturated carbocycles. The number of amides is 2. The zero-order chi connectivity index (χ0) is 30.4. The predicted octanol–water partition coefficient (Wildman–Crippen LogP) is 8.08. The van der Waals surface area contributed by atoms with Crippen molar-refractivity contribution in [3.63, 3.8) is 0 Å². The van der Waals surface area contributed by atoms with Crippen molar-refractivity contribution in [1.29, 1.82) is 0 Å². The third-order valence-corrected chi connectivity index (χ3v) is 6.43. The fraction of sp³-hybridized carbons (Fsp3) is 0.562. The minimum absolute atomic E-state index is 0. The van der Waals surface area contributed by atoms with Crippen LogP contribution in [0.1, 0.15) is 91.8 Å². The average molecular weight is 607 g/mol. The summed E-state index contributed by atoms with van der Waals surface area (Å²) in [6, 6.07) is -0.297. The normalized spacial score (nSPS) is 20.0. The van der Waals surface area contributed by atoms with Crippen molar-refractivity contribution in [3.05, 3.63) is 71.2 Å². The van der Waals surface area contributed by atoms with Crippen molar-refractivity contribution in [2.45, 2.75) is 98.6 Å². The molecule has 3 unspecified atom stereocenters. The third-order valence-electron chi connectivity index (χ3n) is 6.18. The van der Waals surface area contributed by atoms with E-state index in [2.05, 4.69) is 15.5 Å². The van der Waals surface area contributed by atoms with E-state index in [-0.39, 0.29) is 43.5 Å². The lowest BCUT2D eigenvalue weighted by molar-refractivity contribution is -0.130. The summed E-state index contributed by atoms with van der Waals surface area (Å²) in [5, 5.41) is 7.28. The number of hydrogen-bond acceptors (Lipinski definition) is 6. The number of allylic oxidation sites excluding steroid dienone is 10. The van der Waals surface area contributed by atoms with Gasteiger partial charge in [0, 0.05) is 43.4 Å². The van der Waals surface area contributed by atoms with Crippen LogP contribution >= 0.6 is 11.6 Å². The summed E-state index contributed by atoms with van der Waals surface area (Å²) in [4.78, 5) is 30.7. The highest BCUT2D eigenvalue weighted by molar-refractivity contribution is 6.31. The molecule has 42 heavy (non-hydrogen) atoms. The quantitative estimate of drug-likeness (QED) is 0.351. The van der Waals surface area contributed by atoms with E-state index in [0.717, 1.165) is 32.4 Å². The molecule has 0 spiro atoms. The molecule has 0 aromatic carbocycles. The number of aromatic nitrogens is 2. The van der Waals surface area contributed by atoms with Crippen LogP contribution in [0.15, 0.2) is 64.0 Å². The van der Waals surface area contributed by atoms with E-state index >= 15 is 0 Å². The van der Waals surface area contributed by atoms with Crippen molar-refractivity contribution in [3.8, 4) is 0 Å². The Kier molecular flexibility index (Phi) is 16.1. The SMILES string of the molecule is C.CC.CC(C)(C)OC(=O)NC(CC(=O)N1CCCC1)CC1C=CC=C(Cl)C=C1.Cc1nc(C2C=C(F)C=CC2)no1. The Hall–Kier alpha value is -3.20. The molecule has 3 atom stereocenters. The lowest BCUT2D eigenvalue weighted by Crippen LogP contribution is -2.43. The van der Waals surface area contributed by atoms with Gasteiger partial charge in [0.2, 0.25) is 11.8 Å². The molecule has 1 aliphatic heterocycles. The first-order chi connectivity index (χ1) is 19.5. The highest BCUT2D eigenvalue weighted by Crippen LogP contribution is 2.25. The summed E-state index contributed by atoms with van der Waals surface area (Å²) in [5.41, 5.74) is -0.576. The zero-order valence-electron chi connectivity index (χ0n) is 25.0. The van der Waals surface area contributed by atoms with Gasteiger partial charge in [0.25, 0.3) is 0 Å². The molecule has 1 aromatic heterocycles. The summed E-state index contributed by atoms with van der Waals surface area (Å²) in [7, 11) is 0. The highest BCUT2D eigenvalue weighted by Gasteiger charge is 2.26. The van der Waals surface area contributed by atoms with Gasteiger partial charge in [-0.05, 0) is 76.7 Å². The highest BCUT2D eigenvalue weighted by atomic mass is 35.5. The van der Waals surface area contributed by atoms with E-state index < -0.39 is 11.7 Å². The Morgan fingerprint density at radius 3 is 2.50 bits per heavy atom. The van der Waals surface area contributed by atoms with Gasteiger partial charge in [-0.25, -0.2) is 9.18 Å². The smallest absolute Gasteiger partial charge is 0.407 e. The molecular formula is C32H48ClFN4O4. The second-order valence-corrected chi connectivity index (χ2v) is 11.2. The number of carbonyl (C=O) groups is 2. The van der Waals surface area contributed by atoms with Crippen LogP contribution in [0.4, 0.5) is 9.18 Å². The second kappa shape index (κ2) is 18.4.